The number of hydrogen-bond acceptors (Lipinski definition) is 5. The minimum absolute atomic E-state index is 0.197. The van der Waals surface area contributed by atoms with Gasteiger partial charge in [0.05, 0.1) is 17.6 Å². The van der Waals surface area contributed by atoms with E-state index < -0.39 is 29.6 Å². The van der Waals surface area contributed by atoms with E-state index in [9.17, 15) is 14.7 Å². The van der Waals surface area contributed by atoms with E-state index in [4.69, 9.17) is 4.74 Å². The predicted molar refractivity (Wildman–Crippen MR) is 55.5 cm³/mol. The number of rotatable bonds is 1. The van der Waals surface area contributed by atoms with Gasteiger partial charge in [-0.2, -0.15) is 0 Å². The molecule has 1 heterocycles. The second kappa shape index (κ2) is 4.51. The Hall–Kier alpha value is -0.940. The van der Waals surface area contributed by atoms with E-state index >= 15 is 0 Å². The molecule has 0 aliphatic carbocycles. The molecule has 1 aliphatic heterocycles. The van der Waals surface area contributed by atoms with Gasteiger partial charge < -0.3 is 14.6 Å². The third-order valence-electron chi connectivity index (χ3n) is 2.34. The zero-order chi connectivity index (χ0) is 12.5. The Morgan fingerprint density at radius 1 is 1.38 bits per heavy atom. The fraction of sp³-hybridized carbons (Fsp3) is 0.818. The van der Waals surface area contributed by atoms with E-state index in [0.717, 1.165) is 0 Å². The summed E-state index contributed by atoms with van der Waals surface area (Å²) in [6.45, 7) is 6.70. The maximum atomic E-state index is 11.5. The van der Waals surface area contributed by atoms with Gasteiger partial charge in [-0.3, -0.25) is 4.79 Å². The van der Waals surface area contributed by atoms with Gasteiger partial charge in [0.1, 0.15) is 0 Å². The molecule has 0 radical (unpaired) electrons. The summed E-state index contributed by atoms with van der Waals surface area (Å²) < 4.78 is 9.83. The van der Waals surface area contributed by atoms with Crippen LogP contribution in [0.3, 0.4) is 0 Å². The number of hydrogen-bond donors (Lipinski definition) is 1. The fourth-order valence-corrected chi connectivity index (χ4v) is 1.38. The SMILES string of the molecule is CC1CC(O)C(C(=O)OC(=O)C(C)(C)C)O1. The molecule has 1 saturated heterocycles. The molecule has 16 heavy (non-hydrogen) atoms. The van der Waals surface area contributed by atoms with Crippen molar-refractivity contribution < 1.29 is 24.2 Å². The van der Waals surface area contributed by atoms with Crippen molar-refractivity contribution in [1.82, 2.24) is 0 Å². The highest BCUT2D eigenvalue weighted by Gasteiger charge is 2.40. The van der Waals surface area contributed by atoms with Gasteiger partial charge in [-0.25, -0.2) is 4.79 Å². The first-order chi connectivity index (χ1) is 7.21. The van der Waals surface area contributed by atoms with Crippen LogP contribution in [0.2, 0.25) is 0 Å². The third-order valence-corrected chi connectivity index (χ3v) is 2.34. The van der Waals surface area contributed by atoms with E-state index in [-0.39, 0.29) is 6.10 Å². The zero-order valence-corrected chi connectivity index (χ0v) is 10.0. The Labute approximate surface area is 94.7 Å². The maximum Gasteiger partial charge on any atom is 0.345 e. The van der Waals surface area contributed by atoms with Crippen LogP contribution in [-0.4, -0.2) is 35.4 Å². The molecule has 0 aromatic carbocycles. The smallest absolute Gasteiger partial charge is 0.345 e. The molecule has 5 heteroatoms. The lowest BCUT2D eigenvalue weighted by Gasteiger charge is -2.18. The van der Waals surface area contributed by atoms with Gasteiger partial charge in [-0.15, -0.1) is 0 Å². The largest absolute Gasteiger partial charge is 0.391 e. The normalized spacial score (nSPS) is 30.2. The monoisotopic (exact) mass is 230 g/mol. The van der Waals surface area contributed by atoms with Gasteiger partial charge in [0.15, 0.2) is 6.10 Å². The number of carbonyl (C=O) groups excluding carboxylic acids is 2. The van der Waals surface area contributed by atoms with Crippen molar-refractivity contribution in [2.75, 3.05) is 0 Å². The van der Waals surface area contributed by atoms with Crippen LogP contribution in [0.1, 0.15) is 34.1 Å². The summed E-state index contributed by atoms with van der Waals surface area (Å²) in [4.78, 5) is 23.0. The van der Waals surface area contributed by atoms with Crippen LogP contribution < -0.4 is 0 Å². The molecule has 92 valence electrons. The van der Waals surface area contributed by atoms with Gasteiger partial charge in [0.2, 0.25) is 0 Å². The summed E-state index contributed by atoms with van der Waals surface area (Å²) in [5.74, 6) is -1.43. The van der Waals surface area contributed by atoms with Crippen LogP contribution in [0, 0.1) is 5.41 Å². The van der Waals surface area contributed by atoms with Gasteiger partial charge in [0.25, 0.3) is 0 Å². The zero-order valence-electron chi connectivity index (χ0n) is 10.0. The van der Waals surface area contributed by atoms with E-state index in [1.54, 1.807) is 27.7 Å². The number of aliphatic hydroxyl groups excluding tert-OH is 1. The quantitative estimate of drug-likeness (QED) is 0.528. The summed E-state index contributed by atoms with van der Waals surface area (Å²) in [5.41, 5.74) is -0.745. The standard InChI is InChI=1S/C11H18O5/c1-6-5-7(12)8(15-6)9(13)16-10(14)11(2,3)4/h6-8,12H,5H2,1-4H3. The Balaban J connectivity index is 2.57. The van der Waals surface area contributed by atoms with Crippen LogP contribution in [0.25, 0.3) is 0 Å². The highest BCUT2D eigenvalue weighted by molar-refractivity contribution is 5.90. The summed E-state index contributed by atoms with van der Waals surface area (Å²) in [7, 11) is 0. The Bertz CT molecular complexity index is 291. The van der Waals surface area contributed by atoms with Gasteiger partial charge in [0, 0.05) is 6.42 Å². The van der Waals surface area contributed by atoms with Crippen molar-refractivity contribution in [2.24, 2.45) is 5.41 Å². The fourth-order valence-electron chi connectivity index (χ4n) is 1.38. The molecule has 1 fully saturated rings. The van der Waals surface area contributed by atoms with Crippen molar-refractivity contribution in [3.63, 3.8) is 0 Å². The molecule has 0 amide bonds. The molecule has 1 rings (SSSR count). The molecule has 1 aliphatic rings. The second-order valence-electron chi connectivity index (χ2n) is 5.13. The summed E-state index contributed by atoms with van der Waals surface area (Å²) in [5, 5.41) is 9.51. The lowest BCUT2D eigenvalue weighted by Crippen LogP contribution is -2.36. The van der Waals surface area contributed by atoms with Crippen LogP contribution in [0.5, 0.6) is 0 Å². The Kier molecular flexibility index (Phi) is 3.70. The molecule has 5 nitrogen and oxygen atoms in total. The summed E-state index contributed by atoms with van der Waals surface area (Å²) in [6.07, 6.45) is -1.75. The van der Waals surface area contributed by atoms with Gasteiger partial charge >= 0.3 is 11.9 Å². The van der Waals surface area contributed by atoms with Crippen molar-refractivity contribution in [3.05, 3.63) is 0 Å². The van der Waals surface area contributed by atoms with Crippen LogP contribution in [-0.2, 0) is 19.1 Å². The molecule has 0 aromatic rings. The van der Waals surface area contributed by atoms with E-state index in [2.05, 4.69) is 4.74 Å². The molecule has 0 saturated carbocycles. The molecule has 3 atom stereocenters. The molecule has 0 bridgehead atoms. The molecular weight excluding hydrogens is 212 g/mol. The number of carbonyl (C=O) groups is 2. The third kappa shape index (κ3) is 3.02. The molecule has 0 spiro atoms. The molecular formula is C11H18O5. The highest BCUT2D eigenvalue weighted by Crippen LogP contribution is 2.22. The lowest BCUT2D eigenvalue weighted by molar-refractivity contribution is -0.174. The minimum Gasteiger partial charge on any atom is -0.391 e. The molecule has 3 unspecified atom stereocenters. The first kappa shape index (κ1) is 13.1. The summed E-state index contributed by atoms with van der Waals surface area (Å²) in [6, 6.07) is 0. The first-order valence-corrected chi connectivity index (χ1v) is 5.31. The highest BCUT2D eigenvalue weighted by atomic mass is 16.6. The van der Waals surface area contributed by atoms with Gasteiger partial charge in [-0.1, -0.05) is 0 Å². The average Bonchev–Trinajstić information content (AvgIpc) is 2.43. The average molecular weight is 230 g/mol. The van der Waals surface area contributed by atoms with Gasteiger partial charge in [-0.05, 0) is 27.7 Å². The maximum absolute atomic E-state index is 11.5. The number of aliphatic hydroxyl groups is 1. The first-order valence-electron chi connectivity index (χ1n) is 5.31. The Morgan fingerprint density at radius 3 is 2.31 bits per heavy atom. The van der Waals surface area contributed by atoms with Crippen LogP contribution in [0.4, 0.5) is 0 Å². The van der Waals surface area contributed by atoms with Crippen LogP contribution >= 0.6 is 0 Å². The second-order valence-corrected chi connectivity index (χ2v) is 5.13. The van der Waals surface area contributed by atoms with Crippen molar-refractivity contribution in [1.29, 1.82) is 0 Å². The topological polar surface area (TPSA) is 72.8 Å². The van der Waals surface area contributed by atoms with Crippen LogP contribution in [0.15, 0.2) is 0 Å². The van der Waals surface area contributed by atoms with E-state index in [1.807, 2.05) is 0 Å². The van der Waals surface area contributed by atoms with E-state index in [1.165, 1.54) is 0 Å². The summed E-state index contributed by atoms with van der Waals surface area (Å²) >= 11 is 0. The lowest BCUT2D eigenvalue weighted by atomic mass is 9.97. The molecule has 1 N–H and O–H groups in total. The molecule has 0 aromatic heterocycles. The Morgan fingerprint density at radius 2 is 1.94 bits per heavy atom. The minimum atomic E-state index is -1.04. The predicted octanol–water partition coefficient (Wildman–Crippen LogP) is 0.641. The number of ether oxygens (including phenoxy) is 2. The van der Waals surface area contributed by atoms with Crippen molar-refractivity contribution >= 4 is 11.9 Å². The van der Waals surface area contributed by atoms with E-state index in [0.29, 0.717) is 6.42 Å². The number of esters is 2. The van der Waals surface area contributed by atoms with Crippen molar-refractivity contribution in [2.45, 2.75) is 52.4 Å². The van der Waals surface area contributed by atoms with Crippen molar-refractivity contribution in [3.8, 4) is 0 Å².